The molecule has 116 valence electrons. The molecule has 1 aromatic rings. The maximum atomic E-state index is 12.8. The van der Waals surface area contributed by atoms with E-state index in [1.165, 1.54) is 19.1 Å². The van der Waals surface area contributed by atoms with Gasteiger partial charge in [0.2, 0.25) is 5.91 Å². The summed E-state index contributed by atoms with van der Waals surface area (Å²) in [4.78, 5) is 11.9. The van der Waals surface area contributed by atoms with Crippen molar-refractivity contribution in [1.29, 1.82) is 0 Å². The van der Waals surface area contributed by atoms with E-state index in [0.717, 1.165) is 31.7 Å². The van der Waals surface area contributed by atoms with E-state index in [4.69, 9.17) is 5.73 Å². The number of hydrogen-bond acceptors (Lipinski definition) is 2. The quantitative estimate of drug-likeness (QED) is 0.896. The third kappa shape index (κ3) is 3.97. The van der Waals surface area contributed by atoms with Crippen molar-refractivity contribution in [1.82, 2.24) is 0 Å². The first-order chi connectivity index (χ1) is 9.70. The molecule has 3 N–H and O–H groups in total. The SMILES string of the molecule is Cc1ccc(NC(=O)CC2(N)CCCC2)cc1C(F)(F)F. The average Bonchev–Trinajstić information content (AvgIpc) is 2.76. The van der Waals surface area contributed by atoms with Gasteiger partial charge in [0.05, 0.1) is 5.56 Å². The van der Waals surface area contributed by atoms with Crippen LogP contribution < -0.4 is 11.1 Å². The van der Waals surface area contributed by atoms with Crippen molar-refractivity contribution in [2.45, 2.75) is 50.7 Å². The van der Waals surface area contributed by atoms with Crippen LogP contribution in [0.15, 0.2) is 18.2 Å². The summed E-state index contributed by atoms with van der Waals surface area (Å²) in [5.41, 5.74) is 5.13. The highest BCUT2D eigenvalue weighted by molar-refractivity contribution is 5.91. The Morgan fingerprint density at radius 3 is 2.52 bits per heavy atom. The fourth-order valence-electron chi connectivity index (χ4n) is 2.79. The molecule has 0 aliphatic heterocycles. The summed E-state index contributed by atoms with van der Waals surface area (Å²) in [6.07, 6.45) is -0.739. The van der Waals surface area contributed by atoms with Crippen LogP contribution in [0.2, 0.25) is 0 Å². The minimum atomic E-state index is -4.43. The van der Waals surface area contributed by atoms with Gasteiger partial charge in [-0.1, -0.05) is 18.9 Å². The Hall–Kier alpha value is -1.56. The van der Waals surface area contributed by atoms with Crippen molar-refractivity contribution in [3.63, 3.8) is 0 Å². The predicted molar refractivity (Wildman–Crippen MR) is 74.8 cm³/mol. The fourth-order valence-corrected chi connectivity index (χ4v) is 2.79. The van der Waals surface area contributed by atoms with Gasteiger partial charge in [-0.25, -0.2) is 0 Å². The van der Waals surface area contributed by atoms with Crippen LogP contribution >= 0.6 is 0 Å². The molecule has 0 radical (unpaired) electrons. The van der Waals surface area contributed by atoms with Gasteiger partial charge < -0.3 is 11.1 Å². The molecule has 1 fully saturated rings. The standard InChI is InChI=1S/C15H19F3N2O/c1-10-4-5-11(8-12(10)15(16,17)18)20-13(21)9-14(19)6-2-3-7-14/h4-5,8H,2-3,6-7,9,19H2,1H3,(H,20,21). The van der Waals surface area contributed by atoms with E-state index in [1.54, 1.807) is 0 Å². The highest BCUT2D eigenvalue weighted by Crippen LogP contribution is 2.34. The highest BCUT2D eigenvalue weighted by atomic mass is 19.4. The second-order valence-corrected chi connectivity index (χ2v) is 5.82. The van der Waals surface area contributed by atoms with Gasteiger partial charge in [-0.05, 0) is 37.5 Å². The summed E-state index contributed by atoms with van der Waals surface area (Å²) >= 11 is 0. The maximum Gasteiger partial charge on any atom is 0.416 e. The zero-order valence-corrected chi connectivity index (χ0v) is 11.9. The summed E-state index contributed by atoms with van der Waals surface area (Å²) in [7, 11) is 0. The molecule has 0 spiro atoms. The van der Waals surface area contributed by atoms with Gasteiger partial charge in [-0.2, -0.15) is 13.2 Å². The molecule has 1 aliphatic rings. The molecule has 1 saturated carbocycles. The van der Waals surface area contributed by atoms with E-state index in [9.17, 15) is 18.0 Å². The molecule has 3 nitrogen and oxygen atoms in total. The molecule has 1 aliphatic carbocycles. The molecule has 0 bridgehead atoms. The Morgan fingerprint density at radius 2 is 1.95 bits per heavy atom. The number of benzene rings is 1. The van der Waals surface area contributed by atoms with Crippen LogP contribution in [-0.4, -0.2) is 11.4 Å². The molecule has 6 heteroatoms. The molecular formula is C15H19F3N2O. The molecular weight excluding hydrogens is 281 g/mol. The molecule has 21 heavy (non-hydrogen) atoms. The third-order valence-corrected chi connectivity index (χ3v) is 3.94. The molecule has 1 amide bonds. The number of anilines is 1. The summed E-state index contributed by atoms with van der Waals surface area (Å²) in [5.74, 6) is -0.337. The lowest BCUT2D eigenvalue weighted by atomic mass is 9.94. The summed E-state index contributed by atoms with van der Waals surface area (Å²) in [6, 6.07) is 3.79. The van der Waals surface area contributed by atoms with Crippen molar-refractivity contribution in [2.24, 2.45) is 5.73 Å². The van der Waals surface area contributed by atoms with E-state index in [-0.39, 0.29) is 23.6 Å². The lowest BCUT2D eigenvalue weighted by Crippen LogP contribution is -2.40. The van der Waals surface area contributed by atoms with E-state index in [1.807, 2.05) is 0 Å². The summed E-state index contributed by atoms with van der Waals surface area (Å²) in [5, 5.41) is 2.51. The van der Waals surface area contributed by atoms with Gasteiger partial charge in [0.1, 0.15) is 0 Å². The highest BCUT2D eigenvalue weighted by Gasteiger charge is 2.33. The number of nitrogens with two attached hydrogens (primary N) is 1. The van der Waals surface area contributed by atoms with Crippen molar-refractivity contribution >= 4 is 11.6 Å². The Morgan fingerprint density at radius 1 is 1.33 bits per heavy atom. The molecule has 0 unspecified atom stereocenters. The number of hydrogen-bond donors (Lipinski definition) is 2. The van der Waals surface area contributed by atoms with Crippen molar-refractivity contribution in [2.75, 3.05) is 5.32 Å². The van der Waals surface area contributed by atoms with Crippen LogP contribution in [0.5, 0.6) is 0 Å². The van der Waals surface area contributed by atoms with Crippen LogP contribution in [0.1, 0.15) is 43.2 Å². The number of carbonyl (C=O) groups is 1. The first-order valence-electron chi connectivity index (χ1n) is 6.96. The van der Waals surface area contributed by atoms with Crippen LogP contribution in [0.4, 0.5) is 18.9 Å². The first-order valence-corrected chi connectivity index (χ1v) is 6.96. The number of rotatable bonds is 3. The van der Waals surface area contributed by atoms with Gasteiger partial charge in [0, 0.05) is 17.6 Å². The normalized spacial score (nSPS) is 17.8. The lowest BCUT2D eigenvalue weighted by molar-refractivity contribution is -0.138. The van der Waals surface area contributed by atoms with Crippen LogP contribution in [0.3, 0.4) is 0 Å². The summed E-state index contributed by atoms with van der Waals surface area (Å²) < 4.78 is 38.5. The number of amides is 1. The Labute approximate surface area is 121 Å². The maximum absolute atomic E-state index is 12.8. The molecule has 0 saturated heterocycles. The van der Waals surface area contributed by atoms with Crippen LogP contribution in [-0.2, 0) is 11.0 Å². The molecule has 0 heterocycles. The third-order valence-electron chi connectivity index (χ3n) is 3.94. The van der Waals surface area contributed by atoms with Crippen molar-refractivity contribution < 1.29 is 18.0 Å². The second kappa shape index (κ2) is 5.67. The first kappa shape index (κ1) is 15.8. The van der Waals surface area contributed by atoms with Crippen LogP contribution in [0, 0.1) is 6.92 Å². The minimum Gasteiger partial charge on any atom is -0.326 e. The van der Waals surface area contributed by atoms with E-state index in [2.05, 4.69) is 5.32 Å². The number of alkyl halides is 3. The van der Waals surface area contributed by atoms with E-state index >= 15 is 0 Å². The second-order valence-electron chi connectivity index (χ2n) is 5.82. The number of aryl methyl sites for hydroxylation is 1. The van der Waals surface area contributed by atoms with Crippen molar-refractivity contribution in [3.05, 3.63) is 29.3 Å². The van der Waals surface area contributed by atoms with Gasteiger partial charge in [-0.15, -0.1) is 0 Å². The lowest BCUT2D eigenvalue weighted by Gasteiger charge is -2.22. The van der Waals surface area contributed by atoms with E-state index in [0.29, 0.717) is 0 Å². The Kier molecular flexibility index (Phi) is 4.27. The Balaban J connectivity index is 2.07. The van der Waals surface area contributed by atoms with Gasteiger partial charge >= 0.3 is 6.18 Å². The molecule has 0 atom stereocenters. The fraction of sp³-hybridized carbons (Fsp3) is 0.533. The predicted octanol–water partition coefficient (Wildman–Crippen LogP) is 3.61. The van der Waals surface area contributed by atoms with Crippen molar-refractivity contribution in [3.8, 4) is 0 Å². The smallest absolute Gasteiger partial charge is 0.326 e. The number of carbonyl (C=O) groups excluding carboxylic acids is 1. The average molecular weight is 300 g/mol. The molecule has 0 aromatic heterocycles. The summed E-state index contributed by atoms with van der Waals surface area (Å²) in [6.45, 7) is 1.39. The largest absolute Gasteiger partial charge is 0.416 e. The number of nitrogens with one attached hydrogen (secondary N) is 1. The minimum absolute atomic E-state index is 0.131. The zero-order valence-electron chi connectivity index (χ0n) is 11.9. The molecule has 1 aromatic carbocycles. The Bertz CT molecular complexity index is 534. The zero-order chi connectivity index (χ0) is 15.7. The van der Waals surface area contributed by atoms with Gasteiger partial charge in [-0.3, -0.25) is 4.79 Å². The molecule has 2 rings (SSSR count). The topological polar surface area (TPSA) is 55.1 Å². The van der Waals surface area contributed by atoms with Crippen LogP contribution in [0.25, 0.3) is 0 Å². The van der Waals surface area contributed by atoms with E-state index < -0.39 is 17.3 Å². The number of halogens is 3. The van der Waals surface area contributed by atoms with Gasteiger partial charge in [0.25, 0.3) is 0 Å². The van der Waals surface area contributed by atoms with Gasteiger partial charge in [0.15, 0.2) is 0 Å². The monoisotopic (exact) mass is 300 g/mol.